The standard InChI is InChI=1S/C13H21N5O/c1-14-12-6-5-11(15-16-12)13(19)17(2)9-10-18-7-3-4-8-18/h5-6H,3-4,7-10H2,1-2H3,(H,14,16). The minimum absolute atomic E-state index is 0.0747. The predicted molar refractivity (Wildman–Crippen MR) is 74.2 cm³/mol. The van der Waals surface area contributed by atoms with Gasteiger partial charge < -0.3 is 15.1 Å². The van der Waals surface area contributed by atoms with Crippen LogP contribution in [-0.4, -0.2) is 66.2 Å². The maximum atomic E-state index is 12.1. The number of nitrogens with zero attached hydrogens (tertiary/aromatic N) is 4. The first kappa shape index (κ1) is 13.7. The fourth-order valence-corrected chi connectivity index (χ4v) is 2.17. The molecule has 6 nitrogen and oxygen atoms in total. The molecular formula is C13H21N5O. The molecule has 1 fully saturated rings. The molecule has 0 bridgehead atoms. The van der Waals surface area contributed by atoms with Crippen molar-refractivity contribution in [3.63, 3.8) is 0 Å². The van der Waals surface area contributed by atoms with Crippen molar-refractivity contribution in [3.8, 4) is 0 Å². The molecule has 0 aliphatic carbocycles. The molecule has 0 spiro atoms. The van der Waals surface area contributed by atoms with Gasteiger partial charge in [-0.3, -0.25) is 4.79 Å². The van der Waals surface area contributed by atoms with Crippen LogP contribution in [0.2, 0.25) is 0 Å². The summed E-state index contributed by atoms with van der Waals surface area (Å²) in [6, 6.07) is 3.46. The van der Waals surface area contributed by atoms with E-state index >= 15 is 0 Å². The van der Waals surface area contributed by atoms with Crippen LogP contribution in [0, 0.1) is 0 Å². The van der Waals surface area contributed by atoms with Gasteiger partial charge in [0.05, 0.1) is 0 Å². The molecule has 0 aromatic carbocycles. The maximum Gasteiger partial charge on any atom is 0.274 e. The third kappa shape index (κ3) is 3.64. The average Bonchev–Trinajstić information content (AvgIpc) is 2.97. The van der Waals surface area contributed by atoms with Gasteiger partial charge in [0.15, 0.2) is 5.69 Å². The Hall–Kier alpha value is -1.69. The molecule has 0 unspecified atom stereocenters. The molecule has 0 radical (unpaired) electrons. The number of aromatic nitrogens is 2. The third-order valence-electron chi connectivity index (χ3n) is 3.44. The van der Waals surface area contributed by atoms with Crippen molar-refractivity contribution in [1.82, 2.24) is 20.0 Å². The van der Waals surface area contributed by atoms with Gasteiger partial charge in [0, 0.05) is 27.2 Å². The number of hydrogen-bond acceptors (Lipinski definition) is 5. The van der Waals surface area contributed by atoms with E-state index in [2.05, 4.69) is 20.4 Å². The SMILES string of the molecule is CNc1ccc(C(=O)N(C)CCN2CCCC2)nn1. The van der Waals surface area contributed by atoms with E-state index in [0.717, 1.165) is 26.2 Å². The lowest BCUT2D eigenvalue weighted by Crippen LogP contribution is -2.35. The predicted octanol–water partition coefficient (Wildman–Crippen LogP) is 0.686. The molecule has 6 heteroatoms. The second-order valence-electron chi connectivity index (χ2n) is 4.83. The van der Waals surface area contributed by atoms with Crippen molar-refractivity contribution in [2.45, 2.75) is 12.8 Å². The van der Waals surface area contributed by atoms with E-state index in [4.69, 9.17) is 0 Å². The van der Waals surface area contributed by atoms with Crippen LogP contribution in [0.3, 0.4) is 0 Å². The highest BCUT2D eigenvalue weighted by molar-refractivity contribution is 5.92. The van der Waals surface area contributed by atoms with Crippen LogP contribution < -0.4 is 5.32 Å². The van der Waals surface area contributed by atoms with Crippen molar-refractivity contribution in [2.24, 2.45) is 0 Å². The highest BCUT2D eigenvalue weighted by atomic mass is 16.2. The van der Waals surface area contributed by atoms with Crippen LogP contribution in [0.25, 0.3) is 0 Å². The second-order valence-corrected chi connectivity index (χ2v) is 4.83. The number of rotatable bonds is 5. The van der Waals surface area contributed by atoms with E-state index in [1.54, 1.807) is 24.1 Å². The van der Waals surface area contributed by atoms with Crippen LogP contribution in [0.4, 0.5) is 5.82 Å². The van der Waals surface area contributed by atoms with Crippen molar-refractivity contribution in [1.29, 1.82) is 0 Å². The van der Waals surface area contributed by atoms with E-state index in [0.29, 0.717) is 11.5 Å². The lowest BCUT2D eigenvalue weighted by atomic mass is 10.3. The van der Waals surface area contributed by atoms with Crippen LogP contribution in [-0.2, 0) is 0 Å². The summed E-state index contributed by atoms with van der Waals surface area (Å²) in [6.07, 6.45) is 2.54. The van der Waals surface area contributed by atoms with Crippen molar-refractivity contribution >= 4 is 11.7 Å². The molecule has 0 saturated carbocycles. The molecule has 2 heterocycles. The Morgan fingerprint density at radius 3 is 2.68 bits per heavy atom. The summed E-state index contributed by atoms with van der Waals surface area (Å²) in [6.45, 7) is 3.97. The highest BCUT2D eigenvalue weighted by Crippen LogP contribution is 2.07. The smallest absolute Gasteiger partial charge is 0.274 e. The molecule has 1 aliphatic heterocycles. The van der Waals surface area contributed by atoms with Crippen LogP contribution in [0.5, 0.6) is 0 Å². The van der Waals surface area contributed by atoms with E-state index in [-0.39, 0.29) is 5.91 Å². The van der Waals surface area contributed by atoms with E-state index in [1.165, 1.54) is 12.8 Å². The number of carbonyl (C=O) groups excluding carboxylic acids is 1. The normalized spacial score (nSPS) is 15.5. The largest absolute Gasteiger partial charge is 0.372 e. The van der Waals surface area contributed by atoms with Gasteiger partial charge in [-0.15, -0.1) is 10.2 Å². The minimum atomic E-state index is -0.0747. The quantitative estimate of drug-likeness (QED) is 0.846. The zero-order chi connectivity index (χ0) is 13.7. The number of likely N-dealkylation sites (tertiary alicyclic amines) is 1. The summed E-state index contributed by atoms with van der Waals surface area (Å²) in [5, 5.41) is 10.7. The Labute approximate surface area is 113 Å². The number of nitrogens with one attached hydrogen (secondary N) is 1. The number of hydrogen-bond donors (Lipinski definition) is 1. The summed E-state index contributed by atoms with van der Waals surface area (Å²) < 4.78 is 0. The first-order valence-electron chi connectivity index (χ1n) is 6.70. The fourth-order valence-electron chi connectivity index (χ4n) is 2.17. The van der Waals surface area contributed by atoms with Crippen molar-refractivity contribution in [2.75, 3.05) is 45.6 Å². The highest BCUT2D eigenvalue weighted by Gasteiger charge is 2.16. The summed E-state index contributed by atoms with van der Waals surface area (Å²) in [5.41, 5.74) is 0.392. The van der Waals surface area contributed by atoms with E-state index in [9.17, 15) is 4.79 Å². The Morgan fingerprint density at radius 2 is 2.11 bits per heavy atom. The monoisotopic (exact) mass is 263 g/mol. The summed E-state index contributed by atoms with van der Waals surface area (Å²) in [5.74, 6) is 0.589. The van der Waals surface area contributed by atoms with Crippen molar-refractivity contribution in [3.05, 3.63) is 17.8 Å². The lowest BCUT2D eigenvalue weighted by Gasteiger charge is -2.21. The summed E-state index contributed by atoms with van der Waals surface area (Å²) in [7, 11) is 3.58. The first-order valence-corrected chi connectivity index (χ1v) is 6.70. The fraction of sp³-hybridized carbons (Fsp3) is 0.615. The number of amides is 1. The van der Waals surface area contributed by atoms with Gasteiger partial charge in [-0.2, -0.15) is 0 Å². The molecule has 1 aliphatic rings. The van der Waals surface area contributed by atoms with Crippen LogP contribution in [0.1, 0.15) is 23.3 Å². The lowest BCUT2D eigenvalue weighted by molar-refractivity contribution is 0.0775. The minimum Gasteiger partial charge on any atom is -0.372 e. The second kappa shape index (κ2) is 6.47. The molecule has 1 aromatic heterocycles. The van der Waals surface area contributed by atoms with Gasteiger partial charge in [-0.05, 0) is 38.1 Å². The zero-order valence-corrected chi connectivity index (χ0v) is 11.6. The molecule has 2 rings (SSSR count). The van der Waals surface area contributed by atoms with Gasteiger partial charge >= 0.3 is 0 Å². The van der Waals surface area contributed by atoms with Gasteiger partial charge in [0.2, 0.25) is 0 Å². The molecule has 1 amide bonds. The zero-order valence-electron chi connectivity index (χ0n) is 11.6. The number of likely N-dealkylation sites (N-methyl/N-ethyl adjacent to an activating group) is 1. The average molecular weight is 263 g/mol. The summed E-state index contributed by atoms with van der Waals surface area (Å²) in [4.78, 5) is 16.2. The van der Waals surface area contributed by atoms with Gasteiger partial charge in [-0.25, -0.2) is 0 Å². The molecule has 0 atom stereocenters. The van der Waals surface area contributed by atoms with Crippen LogP contribution >= 0.6 is 0 Å². The van der Waals surface area contributed by atoms with Crippen LogP contribution in [0.15, 0.2) is 12.1 Å². The van der Waals surface area contributed by atoms with Gasteiger partial charge in [0.1, 0.15) is 5.82 Å². The topological polar surface area (TPSA) is 61.4 Å². The first-order chi connectivity index (χ1) is 9.20. The van der Waals surface area contributed by atoms with Crippen molar-refractivity contribution < 1.29 is 4.79 Å². The van der Waals surface area contributed by atoms with E-state index < -0.39 is 0 Å². The molecule has 1 saturated heterocycles. The third-order valence-corrected chi connectivity index (χ3v) is 3.44. The Kier molecular flexibility index (Phi) is 4.68. The van der Waals surface area contributed by atoms with Gasteiger partial charge in [-0.1, -0.05) is 0 Å². The Balaban J connectivity index is 1.86. The number of carbonyl (C=O) groups is 1. The summed E-state index contributed by atoms with van der Waals surface area (Å²) >= 11 is 0. The number of anilines is 1. The van der Waals surface area contributed by atoms with E-state index in [1.807, 2.05) is 7.05 Å². The molecule has 1 aromatic rings. The van der Waals surface area contributed by atoms with Gasteiger partial charge in [0.25, 0.3) is 5.91 Å². The molecule has 104 valence electrons. The Morgan fingerprint density at radius 1 is 1.37 bits per heavy atom. The molecule has 1 N–H and O–H groups in total. The Bertz CT molecular complexity index is 414. The maximum absolute atomic E-state index is 12.1. The molecule has 19 heavy (non-hydrogen) atoms. The molecular weight excluding hydrogens is 242 g/mol.